The van der Waals surface area contributed by atoms with Crippen molar-refractivity contribution in [1.29, 1.82) is 0 Å². The van der Waals surface area contributed by atoms with Crippen LogP contribution in [0.5, 0.6) is 5.75 Å². The molecular weight excluding hydrogens is 193 g/mol. The Morgan fingerprint density at radius 1 is 1.15 bits per heavy atom. The van der Waals surface area contributed by atoms with Crippen molar-refractivity contribution in [1.82, 2.24) is 0 Å². The number of alkyl halides is 3. The molecule has 7 heteroatoms. The molecule has 0 bridgehead atoms. The maximum atomic E-state index is 11.6. The first-order valence-corrected chi connectivity index (χ1v) is 2.90. The maximum absolute atomic E-state index is 11.6. The highest BCUT2D eigenvalue weighted by Gasteiger charge is 2.45. The summed E-state index contributed by atoms with van der Waals surface area (Å²) in [5, 5.41) is 8.47. The second-order valence-electron chi connectivity index (χ2n) is 2.21. The summed E-state index contributed by atoms with van der Waals surface area (Å²) in [6.07, 6.45) is -5.25. The average molecular weight is 194 g/mol. The lowest BCUT2D eigenvalue weighted by molar-refractivity contribution is -0.0888. The normalized spacial score (nSPS) is 11.9. The molecule has 0 saturated heterocycles. The first-order chi connectivity index (χ1) is 5.76. The Morgan fingerprint density at radius 2 is 1.62 bits per heavy atom. The van der Waals surface area contributed by atoms with Gasteiger partial charge in [0.15, 0.2) is 5.75 Å². The summed E-state index contributed by atoms with van der Waals surface area (Å²) in [7, 11) is 0. The number of hydrogen-bond donors (Lipinski definition) is 1. The van der Waals surface area contributed by atoms with Crippen LogP contribution in [0.3, 0.4) is 0 Å². The standard InChI is InChI=1S/C6HF3O4/c7-6(8,9)5(13)1-2(10)4(12)3(1)11/h10H. The molecule has 1 rings (SSSR count). The van der Waals surface area contributed by atoms with E-state index in [0.717, 1.165) is 0 Å². The fraction of sp³-hybridized carbons (Fsp3) is 0.167. The van der Waals surface area contributed by atoms with E-state index in [9.17, 15) is 27.6 Å². The van der Waals surface area contributed by atoms with Crippen LogP contribution in [0.25, 0.3) is 0 Å². The second kappa shape index (κ2) is 2.41. The molecule has 1 aromatic carbocycles. The van der Waals surface area contributed by atoms with Crippen molar-refractivity contribution in [2.45, 2.75) is 6.18 Å². The van der Waals surface area contributed by atoms with Crippen molar-refractivity contribution in [2.75, 3.05) is 0 Å². The third-order valence-electron chi connectivity index (χ3n) is 1.37. The Balaban J connectivity index is 3.22. The zero-order chi connectivity index (χ0) is 10.4. The predicted octanol–water partition coefficient (Wildman–Crippen LogP) is -0.267. The van der Waals surface area contributed by atoms with Crippen LogP contribution < -0.4 is 10.9 Å². The van der Waals surface area contributed by atoms with E-state index >= 15 is 0 Å². The van der Waals surface area contributed by atoms with Gasteiger partial charge in [-0.25, -0.2) is 0 Å². The molecule has 0 radical (unpaired) electrons. The van der Waals surface area contributed by atoms with Crippen LogP contribution in [0, 0.1) is 0 Å². The van der Waals surface area contributed by atoms with E-state index in [1.54, 1.807) is 0 Å². The number of carbonyl (C=O) groups excluding carboxylic acids is 1. The van der Waals surface area contributed by atoms with E-state index in [1.807, 2.05) is 0 Å². The van der Waals surface area contributed by atoms with Gasteiger partial charge in [-0.3, -0.25) is 14.4 Å². The SMILES string of the molecule is O=C(c1c(O)c(=O)c1=O)C(F)(F)F. The van der Waals surface area contributed by atoms with Gasteiger partial charge in [-0.1, -0.05) is 0 Å². The molecule has 0 amide bonds. The summed E-state index contributed by atoms with van der Waals surface area (Å²) in [6.45, 7) is 0. The Hall–Kier alpha value is -1.66. The van der Waals surface area contributed by atoms with E-state index in [1.165, 1.54) is 0 Å². The van der Waals surface area contributed by atoms with Gasteiger partial charge in [-0.2, -0.15) is 13.2 Å². The smallest absolute Gasteiger partial charge is 0.455 e. The van der Waals surface area contributed by atoms with Gasteiger partial charge < -0.3 is 5.11 Å². The summed E-state index contributed by atoms with van der Waals surface area (Å²) in [5.41, 5.74) is -4.54. The maximum Gasteiger partial charge on any atom is 0.455 e. The second-order valence-corrected chi connectivity index (χ2v) is 2.21. The molecular formula is C6HF3O4. The molecule has 13 heavy (non-hydrogen) atoms. The fourth-order valence-corrected chi connectivity index (χ4v) is 0.732. The van der Waals surface area contributed by atoms with Crippen LogP contribution in [0.4, 0.5) is 13.2 Å². The number of Topliss-reactive ketones (excluding diaryl/α,β-unsaturated/α-hetero) is 1. The minimum atomic E-state index is -5.25. The van der Waals surface area contributed by atoms with Crippen LogP contribution >= 0.6 is 0 Å². The molecule has 0 aliphatic carbocycles. The van der Waals surface area contributed by atoms with E-state index in [-0.39, 0.29) is 0 Å². The van der Waals surface area contributed by atoms with Crippen LogP contribution in [-0.2, 0) is 0 Å². The monoisotopic (exact) mass is 194 g/mol. The van der Waals surface area contributed by atoms with Gasteiger partial charge in [0, 0.05) is 0 Å². The van der Waals surface area contributed by atoms with Gasteiger partial charge in [0.1, 0.15) is 5.56 Å². The van der Waals surface area contributed by atoms with Gasteiger partial charge in [0.05, 0.1) is 0 Å². The van der Waals surface area contributed by atoms with Crippen molar-refractivity contribution in [2.24, 2.45) is 0 Å². The molecule has 0 aliphatic heterocycles. The Kier molecular flexibility index (Phi) is 1.75. The summed E-state index contributed by atoms with van der Waals surface area (Å²) in [5.74, 6) is -3.90. The highest BCUT2D eigenvalue weighted by atomic mass is 19.4. The zero-order valence-electron chi connectivity index (χ0n) is 5.81. The minimum absolute atomic E-state index is 1.41. The molecule has 0 spiro atoms. The summed E-state index contributed by atoms with van der Waals surface area (Å²) in [4.78, 5) is 30.9. The van der Waals surface area contributed by atoms with E-state index in [4.69, 9.17) is 5.11 Å². The average Bonchev–Trinajstić information content (AvgIpc) is 2.02. The first kappa shape index (κ1) is 9.43. The van der Waals surface area contributed by atoms with Gasteiger partial charge in [0.2, 0.25) is 5.43 Å². The van der Waals surface area contributed by atoms with Gasteiger partial charge >= 0.3 is 6.18 Å². The summed E-state index contributed by atoms with van der Waals surface area (Å²) in [6, 6.07) is 0. The molecule has 0 saturated carbocycles. The lowest BCUT2D eigenvalue weighted by Gasteiger charge is -2.06. The largest absolute Gasteiger partial charge is 0.503 e. The third kappa shape index (κ3) is 1.21. The van der Waals surface area contributed by atoms with Crippen molar-refractivity contribution >= 4 is 5.78 Å². The highest BCUT2D eigenvalue weighted by molar-refractivity contribution is 6.03. The molecule has 0 aromatic heterocycles. The number of halogens is 3. The Labute approximate surface area is 67.9 Å². The van der Waals surface area contributed by atoms with E-state index in [2.05, 4.69) is 0 Å². The Bertz CT molecular complexity index is 435. The molecule has 0 unspecified atom stereocenters. The van der Waals surface area contributed by atoms with Crippen LogP contribution in [0.1, 0.15) is 10.4 Å². The molecule has 4 nitrogen and oxygen atoms in total. The molecule has 0 fully saturated rings. The Morgan fingerprint density at radius 3 is 1.92 bits per heavy atom. The number of rotatable bonds is 1. The van der Waals surface area contributed by atoms with Gasteiger partial charge in [-0.15, -0.1) is 0 Å². The molecule has 0 heterocycles. The third-order valence-corrected chi connectivity index (χ3v) is 1.37. The lowest BCUT2D eigenvalue weighted by Crippen LogP contribution is -2.41. The summed E-state index contributed by atoms with van der Waals surface area (Å²) < 4.78 is 34.9. The van der Waals surface area contributed by atoms with E-state index in [0.29, 0.717) is 0 Å². The number of carbonyl (C=O) groups is 1. The number of hydrogen-bond acceptors (Lipinski definition) is 4. The highest BCUT2D eigenvalue weighted by Crippen LogP contribution is 2.23. The quantitative estimate of drug-likeness (QED) is 0.493. The van der Waals surface area contributed by atoms with Crippen molar-refractivity contribution in [3.8, 4) is 5.75 Å². The zero-order valence-corrected chi connectivity index (χ0v) is 5.81. The fourth-order valence-electron chi connectivity index (χ4n) is 0.732. The molecule has 1 aromatic rings. The first-order valence-electron chi connectivity index (χ1n) is 2.90. The minimum Gasteiger partial charge on any atom is -0.503 e. The van der Waals surface area contributed by atoms with Crippen LogP contribution in [0.15, 0.2) is 9.59 Å². The van der Waals surface area contributed by atoms with Crippen molar-refractivity contribution < 1.29 is 23.1 Å². The number of ketones is 1. The number of aromatic hydroxyl groups is 1. The summed E-state index contributed by atoms with van der Waals surface area (Å²) >= 11 is 0. The molecule has 70 valence electrons. The van der Waals surface area contributed by atoms with Crippen LogP contribution in [-0.4, -0.2) is 17.1 Å². The van der Waals surface area contributed by atoms with Crippen LogP contribution in [0.2, 0.25) is 0 Å². The van der Waals surface area contributed by atoms with Gasteiger partial charge in [0.25, 0.3) is 11.2 Å². The van der Waals surface area contributed by atoms with E-state index < -0.39 is 34.1 Å². The van der Waals surface area contributed by atoms with Gasteiger partial charge in [-0.05, 0) is 0 Å². The predicted molar refractivity (Wildman–Crippen MR) is 33.4 cm³/mol. The van der Waals surface area contributed by atoms with Crippen molar-refractivity contribution in [3.63, 3.8) is 0 Å². The molecule has 0 atom stereocenters. The molecule has 1 N–H and O–H groups in total. The lowest BCUT2D eigenvalue weighted by atomic mass is 10.0. The topological polar surface area (TPSA) is 71.4 Å². The molecule has 0 aliphatic rings. The van der Waals surface area contributed by atoms with Crippen molar-refractivity contribution in [3.05, 3.63) is 26.0 Å².